The molecule has 2 aliphatic heterocycles. The number of nitrogens with one attached hydrogen (secondary N) is 1. The number of hydrogen-bond donors (Lipinski definition) is 1. The molecule has 1 N–H and O–H groups in total. The Kier molecular flexibility index (Phi) is 6.29. The Morgan fingerprint density at radius 1 is 1.14 bits per heavy atom. The summed E-state index contributed by atoms with van der Waals surface area (Å²) in [5, 5.41) is 3.13. The van der Waals surface area contributed by atoms with E-state index in [0.717, 1.165) is 42.7 Å². The Hall–Kier alpha value is -4.93. The van der Waals surface area contributed by atoms with E-state index in [9.17, 15) is 4.79 Å². The Morgan fingerprint density at radius 3 is 2.86 bits per heavy atom. The molecule has 1 aliphatic carbocycles. The third-order valence-corrected chi connectivity index (χ3v) is 8.39. The van der Waals surface area contributed by atoms with Crippen LogP contribution in [0, 0.1) is 18.7 Å². The summed E-state index contributed by atoms with van der Waals surface area (Å²) in [6, 6.07) is 8.76. The zero-order chi connectivity index (χ0) is 29.0. The highest BCUT2D eigenvalue weighted by atomic mass is 19.1. The SMILES string of the molecule is C=CC(=O)N1C[C@H]2CC[C@@H]1[C@H](c1ccc3ncnc(Nc4cc(C)c(Oc5cnc6c(c5)ncn6C)cc4F)c3n1)C2. The number of aromatic nitrogens is 6. The van der Waals surface area contributed by atoms with Gasteiger partial charge in [0.25, 0.3) is 0 Å². The average molecular weight is 565 g/mol. The van der Waals surface area contributed by atoms with E-state index < -0.39 is 5.82 Å². The first-order valence-electron chi connectivity index (χ1n) is 13.9. The van der Waals surface area contributed by atoms with E-state index in [1.807, 2.05) is 35.6 Å². The third-order valence-electron chi connectivity index (χ3n) is 8.39. The molecular weight excluding hydrogens is 535 g/mol. The summed E-state index contributed by atoms with van der Waals surface area (Å²) in [6.07, 6.45) is 9.12. The quantitative estimate of drug-likeness (QED) is 0.267. The van der Waals surface area contributed by atoms with Crippen molar-refractivity contribution in [1.82, 2.24) is 34.4 Å². The third kappa shape index (κ3) is 4.50. The lowest BCUT2D eigenvalue weighted by Gasteiger charge is -2.49. The first-order chi connectivity index (χ1) is 20.4. The molecule has 3 atom stereocenters. The number of halogens is 1. The van der Waals surface area contributed by atoms with Gasteiger partial charge in [0.2, 0.25) is 5.91 Å². The van der Waals surface area contributed by atoms with Gasteiger partial charge in [-0.05, 0) is 61.9 Å². The van der Waals surface area contributed by atoms with E-state index in [1.165, 1.54) is 18.5 Å². The van der Waals surface area contributed by atoms with Gasteiger partial charge in [0.15, 0.2) is 11.5 Å². The summed E-state index contributed by atoms with van der Waals surface area (Å²) in [5.41, 5.74) is 4.46. The molecule has 3 aliphatic rings. The maximum Gasteiger partial charge on any atom is 0.246 e. The predicted octanol–water partition coefficient (Wildman–Crippen LogP) is 5.57. The first-order valence-corrected chi connectivity index (χ1v) is 13.9. The van der Waals surface area contributed by atoms with E-state index in [-0.39, 0.29) is 23.6 Å². The molecule has 0 radical (unpaired) electrons. The highest BCUT2D eigenvalue weighted by Crippen LogP contribution is 2.44. The maximum absolute atomic E-state index is 15.4. The van der Waals surface area contributed by atoms with Crippen LogP contribution in [0.25, 0.3) is 22.2 Å². The zero-order valence-electron chi connectivity index (χ0n) is 23.3. The number of anilines is 2. The Morgan fingerprint density at radius 2 is 2.02 bits per heavy atom. The molecule has 11 heteroatoms. The number of ether oxygens (including phenoxy) is 1. The monoisotopic (exact) mass is 564 g/mol. The molecule has 5 aromatic rings. The standard InChI is InChI=1S/C31H29FN8O2/c1-4-28(41)40-14-18-5-8-26(40)20(10-18)22-6-7-23-29(37-22)30(35-15-34-23)38-24-9-17(2)27(12-21(24)32)42-19-11-25-31(33-13-19)39(3)16-36-25/h4,6-7,9,11-13,15-16,18,20,26H,1,5,8,10,14H2,2-3H3,(H,34,35,38)/t18-,20-,26+/m0/s1. The number of pyridine rings is 2. The van der Waals surface area contributed by atoms with Gasteiger partial charge in [-0.2, -0.15) is 0 Å². The van der Waals surface area contributed by atoms with Gasteiger partial charge >= 0.3 is 0 Å². The van der Waals surface area contributed by atoms with Gasteiger partial charge in [-0.3, -0.25) is 4.79 Å². The highest BCUT2D eigenvalue weighted by Gasteiger charge is 2.43. The lowest BCUT2D eigenvalue weighted by Crippen LogP contribution is -2.54. The van der Waals surface area contributed by atoms with Gasteiger partial charge in [0, 0.05) is 43.4 Å². The number of imidazole rings is 1. The molecular formula is C31H29FN8O2. The van der Waals surface area contributed by atoms with Crippen LogP contribution in [0.2, 0.25) is 0 Å². The van der Waals surface area contributed by atoms with Gasteiger partial charge in [-0.25, -0.2) is 29.3 Å². The number of hydrogen-bond acceptors (Lipinski definition) is 8. The largest absolute Gasteiger partial charge is 0.455 e. The van der Waals surface area contributed by atoms with Crippen molar-refractivity contribution in [3.63, 3.8) is 0 Å². The number of nitrogens with zero attached hydrogens (tertiary/aromatic N) is 7. The number of aryl methyl sites for hydroxylation is 2. The van der Waals surface area contributed by atoms with Crippen LogP contribution in [0.1, 0.15) is 36.4 Å². The number of fused-ring (bicyclic) bond motifs is 5. The summed E-state index contributed by atoms with van der Waals surface area (Å²) in [7, 11) is 1.87. The maximum atomic E-state index is 15.4. The fraction of sp³-hybridized carbons (Fsp3) is 0.290. The molecule has 212 valence electrons. The highest BCUT2D eigenvalue weighted by molar-refractivity contribution is 5.88. The molecule has 1 aromatic carbocycles. The number of rotatable bonds is 6. The Balaban J connectivity index is 1.17. The van der Waals surface area contributed by atoms with Crippen molar-refractivity contribution in [3.8, 4) is 11.5 Å². The van der Waals surface area contributed by atoms with Crippen LogP contribution in [0.4, 0.5) is 15.9 Å². The minimum atomic E-state index is -0.506. The van der Waals surface area contributed by atoms with Crippen molar-refractivity contribution in [3.05, 3.63) is 78.9 Å². The second kappa shape index (κ2) is 10.2. The van der Waals surface area contributed by atoms with Gasteiger partial charge < -0.3 is 19.5 Å². The van der Waals surface area contributed by atoms with Crippen LogP contribution in [0.5, 0.6) is 11.5 Å². The second-order valence-corrected chi connectivity index (χ2v) is 11.1. The molecule has 3 fully saturated rings. The summed E-state index contributed by atoms with van der Waals surface area (Å²) < 4.78 is 23.2. The zero-order valence-corrected chi connectivity index (χ0v) is 23.3. The molecule has 2 saturated heterocycles. The van der Waals surface area contributed by atoms with E-state index in [1.54, 1.807) is 24.7 Å². The van der Waals surface area contributed by atoms with E-state index in [4.69, 9.17) is 9.72 Å². The minimum absolute atomic E-state index is 0.0345. The lowest BCUT2D eigenvalue weighted by molar-refractivity contribution is -0.134. The summed E-state index contributed by atoms with van der Waals surface area (Å²) in [6.45, 7) is 6.29. The average Bonchev–Trinajstić information content (AvgIpc) is 3.38. The van der Waals surface area contributed by atoms with Crippen molar-refractivity contribution in [1.29, 1.82) is 0 Å². The molecule has 1 amide bonds. The molecule has 6 heterocycles. The summed E-state index contributed by atoms with van der Waals surface area (Å²) in [4.78, 5) is 36.9. The van der Waals surface area contributed by atoms with Gasteiger partial charge in [0.1, 0.15) is 34.7 Å². The van der Waals surface area contributed by atoms with Crippen molar-refractivity contribution in [2.45, 2.75) is 38.1 Å². The Bertz CT molecular complexity index is 1870. The molecule has 8 rings (SSSR count). The van der Waals surface area contributed by atoms with Crippen LogP contribution in [-0.4, -0.2) is 52.9 Å². The predicted molar refractivity (Wildman–Crippen MR) is 156 cm³/mol. The van der Waals surface area contributed by atoms with Crippen LogP contribution < -0.4 is 10.1 Å². The Labute approximate surface area is 241 Å². The van der Waals surface area contributed by atoms with E-state index in [0.29, 0.717) is 39.8 Å². The molecule has 42 heavy (non-hydrogen) atoms. The summed E-state index contributed by atoms with van der Waals surface area (Å²) in [5.74, 6) is 1.24. The van der Waals surface area contributed by atoms with Crippen LogP contribution >= 0.6 is 0 Å². The molecule has 10 nitrogen and oxygen atoms in total. The lowest BCUT2D eigenvalue weighted by atomic mass is 9.71. The number of amides is 1. The van der Waals surface area contributed by atoms with Crippen LogP contribution in [0.3, 0.4) is 0 Å². The van der Waals surface area contributed by atoms with Gasteiger partial charge in [-0.1, -0.05) is 6.58 Å². The van der Waals surface area contributed by atoms with Crippen molar-refractivity contribution < 1.29 is 13.9 Å². The summed E-state index contributed by atoms with van der Waals surface area (Å²) >= 11 is 0. The number of carbonyl (C=O) groups is 1. The molecule has 0 spiro atoms. The molecule has 2 bridgehead atoms. The fourth-order valence-electron chi connectivity index (χ4n) is 6.31. The van der Waals surface area contributed by atoms with Crippen molar-refractivity contribution in [2.75, 3.05) is 11.9 Å². The molecule has 1 saturated carbocycles. The normalized spacial score (nSPS) is 19.8. The smallest absolute Gasteiger partial charge is 0.246 e. The number of benzene rings is 1. The topological polar surface area (TPSA) is 111 Å². The van der Waals surface area contributed by atoms with Crippen molar-refractivity contribution in [2.24, 2.45) is 13.0 Å². The fourth-order valence-corrected chi connectivity index (χ4v) is 6.31. The van der Waals surface area contributed by atoms with Crippen molar-refractivity contribution >= 4 is 39.6 Å². The van der Waals surface area contributed by atoms with E-state index >= 15 is 4.39 Å². The molecule has 4 aromatic heterocycles. The van der Waals surface area contributed by atoms with Gasteiger partial charge in [-0.15, -0.1) is 0 Å². The van der Waals surface area contributed by atoms with Crippen LogP contribution in [-0.2, 0) is 11.8 Å². The second-order valence-electron chi connectivity index (χ2n) is 11.1. The minimum Gasteiger partial charge on any atom is -0.455 e. The van der Waals surface area contributed by atoms with E-state index in [2.05, 4.69) is 31.8 Å². The van der Waals surface area contributed by atoms with Gasteiger partial charge in [0.05, 0.1) is 23.7 Å². The molecule has 0 unspecified atom stereocenters. The number of carbonyl (C=O) groups excluding carboxylic acids is 1. The number of piperidine rings is 2. The van der Waals surface area contributed by atoms with Crippen LogP contribution in [0.15, 0.2) is 61.8 Å². The first kappa shape index (κ1) is 26.0.